The van der Waals surface area contributed by atoms with Gasteiger partial charge in [0.2, 0.25) is 15.9 Å². The molecule has 0 atom stereocenters. The Kier molecular flexibility index (Phi) is 5.66. The molecule has 0 saturated carbocycles. The Labute approximate surface area is 165 Å². The molecular formula is C17H15ClN4O5S. The van der Waals surface area contributed by atoms with Crippen molar-refractivity contribution in [3.8, 4) is 22.6 Å². The lowest BCUT2D eigenvalue weighted by molar-refractivity contribution is 0.161. The SMILES string of the molecule is NS(=O)(=O)c1ccc(-c2nc(CNC(=O)NO)oc2-c2ccc(Cl)cc2)cc1. The van der Waals surface area contributed by atoms with Gasteiger partial charge < -0.3 is 9.73 Å². The molecule has 11 heteroatoms. The Morgan fingerprint density at radius 2 is 1.71 bits per heavy atom. The average Bonchev–Trinajstić information content (AvgIpc) is 3.10. The predicted octanol–water partition coefficient (Wildman–Crippen LogP) is 2.50. The molecular weight excluding hydrogens is 408 g/mol. The summed E-state index contributed by atoms with van der Waals surface area (Å²) in [5.74, 6) is 0.584. The second-order valence-electron chi connectivity index (χ2n) is 5.66. The smallest absolute Gasteiger partial charge is 0.338 e. The van der Waals surface area contributed by atoms with Crippen molar-refractivity contribution >= 4 is 27.7 Å². The van der Waals surface area contributed by atoms with E-state index in [-0.39, 0.29) is 17.3 Å². The van der Waals surface area contributed by atoms with Gasteiger partial charge >= 0.3 is 6.03 Å². The van der Waals surface area contributed by atoms with E-state index in [0.717, 1.165) is 0 Å². The van der Waals surface area contributed by atoms with E-state index in [1.165, 1.54) is 17.6 Å². The van der Waals surface area contributed by atoms with Crippen molar-refractivity contribution in [2.45, 2.75) is 11.4 Å². The van der Waals surface area contributed by atoms with Gasteiger partial charge in [0.05, 0.1) is 11.4 Å². The summed E-state index contributed by atoms with van der Waals surface area (Å²) in [4.78, 5) is 15.5. The number of carbonyl (C=O) groups excluding carboxylic acids is 1. The van der Waals surface area contributed by atoms with Crippen LogP contribution in [0.4, 0.5) is 4.79 Å². The van der Waals surface area contributed by atoms with E-state index >= 15 is 0 Å². The highest BCUT2D eigenvalue weighted by Crippen LogP contribution is 2.33. The zero-order chi connectivity index (χ0) is 20.3. The highest BCUT2D eigenvalue weighted by molar-refractivity contribution is 7.89. The van der Waals surface area contributed by atoms with Crippen molar-refractivity contribution in [1.82, 2.24) is 15.8 Å². The van der Waals surface area contributed by atoms with E-state index in [4.69, 9.17) is 26.4 Å². The van der Waals surface area contributed by atoms with Gasteiger partial charge in [0.1, 0.15) is 5.69 Å². The molecule has 9 nitrogen and oxygen atoms in total. The third kappa shape index (κ3) is 4.49. The Morgan fingerprint density at radius 1 is 1.11 bits per heavy atom. The number of hydrogen-bond donors (Lipinski definition) is 4. The number of oxazole rings is 1. The molecule has 2 amide bonds. The summed E-state index contributed by atoms with van der Waals surface area (Å²) >= 11 is 5.93. The van der Waals surface area contributed by atoms with Gasteiger partial charge in [-0.15, -0.1) is 0 Å². The number of carbonyl (C=O) groups is 1. The molecule has 0 saturated heterocycles. The molecule has 0 bridgehead atoms. The van der Waals surface area contributed by atoms with Crippen LogP contribution in [0.25, 0.3) is 22.6 Å². The summed E-state index contributed by atoms with van der Waals surface area (Å²) in [5.41, 5.74) is 3.14. The maximum absolute atomic E-state index is 11.4. The first-order valence-electron chi connectivity index (χ1n) is 7.85. The fourth-order valence-corrected chi connectivity index (χ4v) is 3.07. The molecule has 5 N–H and O–H groups in total. The average molecular weight is 423 g/mol. The maximum atomic E-state index is 11.4. The van der Waals surface area contributed by atoms with Crippen molar-refractivity contribution in [3.05, 3.63) is 59.4 Å². The Balaban J connectivity index is 2.03. The number of amides is 2. The first-order chi connectivity index (χ1) is 13.3. The van der Waals surface area contributed by atoms with Gasteiger partial charge in [0.25, 0.3) is 0 Å². The maximum Gasteiger partial charge on any atom is 0.338 e. The van der Waals surface area contributed by atoms with Gasteiger partial charge in [-0.1, -0.05) is 23.7 Å². The van der Waals surface area contributed by atoms with Crippen LogP contribution in [0.1, 0.15) is 5.89 Å². The van der Waals surface area contributed by atoms with Gasteiger partial charge in [-0.2, -0.15) is 0 Å². The molecule has 0 fully saturated rings. The van der Waals surface area contributed by atoms with Gasteiger partial charge in [-0.05, 0) is 36.4 Å². The molecule has 28 heavy (non-hydrogen) atoms. The molecule has 3 aromatic rings. The number of halogens is 1. The van der Waals surface area contributed by atoms with Crippen molar-refractivity contribution in [1.29, 1.82) is 0 Å². The quantitative estimate of drug-likeness (QED) is 0.366. The number of aromatic nitrogens is 1. The fourth-order valence-electron chi connectivity index (χ4n) is 2.43. The standard InChI is InChI=1S/C17H15ClN4O5S/c18-12-5-1-11(2-6-12)16-15(21-14(27-16)9-20-17(23)22-24)10-3-7-13(8-4-10)28(19,25)26/h1-8,24H,9H2,(H2,19,25,26)(H2,20,22,23). The molecule has 0 unspecified atom stereocenters. The van der Waals surface area contributed by atoms with Gasteiger partial charge in [0.15, 0.2) is 5.76 Å². The third-order valence-electron chi connectivity index (χ3n) is 3.74. The van der Waals surface area contributed by atoms with Crippen LogP contribution in [0.5, 0.6) is 0 Å². The summed E-state index contributed by atoms with van der Waals surface area (Å²) in [6.45, 7) is -0.0811. The number of urea groups is 1. The lowest BCUT2D eigenvalue weighted by Gasteiger charge is -2.03. The summed E-state index contributed by atoms with van der Waals surface area (Å²) in [7, 11) is -3.82. The number of sulfonamides is 1. The topological polar surface area (TPSA) is 148 Å². The van der Waals surface area contributed by atoms with E-state index in [2.05, 4.69) is 10.3 Å². The predicted molar refractivity (Wildman–Crippen MR) is 101 cm³/mol. The van der Waals surface area contributed by atoms with Crippen molar-refractivity contribution in [2.24, 2.45) is 5.14 Å². The van der Waals surface area contributed by atoms with Crippen molar-refractivity contribution in [3.63, 3.8) is 0 Å². The number of benzene rings is 2. The number of hydrogen-bond acceptors (Lipinski definition) is 6. The molecule has 1 heterocycles. The van der Waals surface area contributed by atoms with E-state index < -0.39 is 16.1 Å². The molecule has 2 aromatic carbocycles. The second kappa shape index (κ2) is 7.98. The normalized spacial score (nSPS) is 11.2. The van der Waals surface area contributed by atoms with Crippen LogP contribution >= 0.6 is 11.6 Å². The number of nitrogens with zero attached hydrogens (tertiary/aromatic N) is 1. The Hall–Kier alpha value is -2.92. The minimum atomic E-state index is -3.82. The Bertz CT molecular complexity index is 1100. The summed E-state index contributed by atoms with van der Waals surface area (Å²) in [6, 6.07) is 11.9. The van der Waals surface area contributed by atoms with Crippen molar-refractivity contribution < 1.29 is 22.8 Å². The van der Waals surface area contributed by atoms with Gasteiger partial charge in [0, 0.05) is 16.1 Å². The van der Waals surface area contributed by atoms with E-state index in [9.17, 15) is 13.2 Å². The summed E-state index contributed by atoms with van der Waals surface area (Å²) in [5, 5.41) is 16.6. The van der Waals surface area contributed by atoms with E-state index in [1.807, 2.05) is 0 Å². The van der Waals surface area contributed by atoms with Gasteiger partial charge in [-0.3, -0.25) is 5.21 Å². The van der Waals surface area contributed by atoms with Crippen molar-refractivity contribution in [2.75, 3.05) is 0 Å². The number of rotatable bonds is 5. The monoisotopic (exact) mass is 422 g/mol. The number of nitrogens with two attached hydrogens (primary N) is 1. The molecule has 0 aliphatic rings. The fraction of sp³-hybridized carbons (Fsp3) is 0.0588. The number of hydroxylamine groups is 1. The molecule has 1 aromatic heterocycles. The highest BCUT2D eigenvalue weighted by atomic mass is 35.5. The zero-order valence-electron chi connectivity index (χ0n) is 14.2. The van der Waals surface area contributed by atoms with Crippen LogP contribution < -0.4 is 15.9 Å². The summed E-state index contributed by atoms with van der Waals surface area (Å²) in [6.07, 6.45) is 0. The molecule has 3 rings (SSSR count). The first-order valence-corrected chi connectivity index (χ1v) is 9.77. The van der Waals surface area contributed by atoms with Crippen LogP contribution in [-0.2, 0) is 16.6 Å². The molecule has 146 valence electrons. The first kappa shape index (κ1) is 19.8. The number of primary sulfonamides is 1. The van der Waals surface area contributed by atoms with E-state index in [1.54, 1.807) is 36.4 Å². The largest absolute Gasteiger partial charge is 0.438 e. The highest BCUT2D eigenvalue weighted by Gasteiger charge is 2.18. The lowest BCUT2D eigenvalue weighted by atomic mass is 10.1. The molecule has 0 radical (unpaired) electrons. The van der Waals surface area contributed by atoms with Crippen LogP contribution in [0.3, 0.4) is 0 Å². The minimum Gasteiger partial charge on any atom is -0.438 e. The van der Waals surface area contributed by atoms with Crippen LogP contribution in [0, 0.1) is 0 Å². The van der Waals surface area contributed by atoms with Crippen LogP contribution in [-0.4, -0.2) is 24.6 Å². The number of nitrogens with one attached hydrogen (secondary N) is 2. The van der Waals surface area contributed by atoms with Crippen LogP contribution in [0.2, 0.25) is 5.02 Å². The molecule has 0 aliphatic heterocycles. The minimum absolute atomic E-state index is 0.0331. The molecule has 0 spiro atoms. The summed E-state index contributed by atoms with van der Waals surface area (Å²) < 4.78 is 28.7. The molecule has 0 aliphatic carbocycles. The zero-order valence-corrected chi connectivity index (χ0v) is 15.8. The lowest BCUT2D eigenvalue weighted by Crippen LogP contribution is -2.32. The van der Waals surface area contributed by atoms with Gasteiger partial charge in [-0.25, -0.2) is 28.8 Å². The second-order valence-corrected chi connectivity index (χ2v) is 7.65. The Morgan fingerprint density at radius 3 is 2.29 bits per heavy atom. The third-order valence-corrected chi connectivity index (χ3v) is 4.92. The van der Waals surface area contributed by atoms with Crippen LogP contribution in [0.15, 0.2) is 57.8 Å². The van der Waals surface area contributed by atoms with E-state index in [0.29, 0.717) is 27.6 Å².